The van der Waals surface area contributed by atoms with E-state index in [0.29, 0.717) is 27.8 Å². The van der Waals surface area contributed by atoms with Crippen LogP contribution >= 0.6 is 23.2 Å². The van der Waals surface area contributed by atoms with Gasteiger partial charge in [0.2, 0.25) is 0 Å². The number of likely N-dealkylation sites (tertiary alicyclic amines) is 1. The first-order valence-corrected chi connectivity index (χ1v) is 15.7. The van der Waals surface area contributed by atoms with Gasteiger partial charge in [-0.3, -0.25) is 14.8 Å². The van der Waals surface area contributed by atoms with E-state index in [4.69, 9.17) is 28.2 Å². The summed E-state index contributed by atoms with van der Waals surface area (Å²) in [6.45, 7) is 8.75. The number of rotatable bonds is 10. The number of nitrogens with one attached hydrogen (secondary N) is 2. The van der Waals surface area contributed by atoms with Crippen LogP contribution in [-0.2, 0) is 6.42 Å². The predicted molar refractivity (Wildman–Crippen MR) is 171 cm³/mol. The Balaban J connectivity index is 1.13. The molecule has 2 aliphatic heterocycles. The van der Waals surface area contributed by atoms with E-state index in [2.05, 4.69) is 48.4 Å². The molecule has 0 saturated carbocycles. The third kappa shape index (κ3) is 6.73. The number of aromatic amines is 1. The Morgan fingerprint density at radius 3 is 2.50 bits per heavy atom. The van der Waals surface area contributed by atoms with Gasteiger partial charge in [0.1, 0.15) is 0 Å². The van der Waals surface area contributed by atoms with Gasteiger partial charge < -0.3 is 15.1 Å². The average Bonchev–Trinajstić information content (AvgIpc) is 3.72. The fourth-order valence-electron chi connectivity index (χ4n) is 6.02. The smallest absolute Gasteiger partial charge is 0.252 e. The highest BCUT2D eigenvalue weighted by Crippen LogP contribution is 2.32. The zero-order valence-electron chi connectivity index (χ0n) is 23.8. The Bertz CT molecular complexity index is 1530. The number of nitrogens with zero attached hydrogens (tertiary/aromatic N) is 5. The SMILES string of the molecule is O=C(NCCCN1CCCC1)c1cc(-c2ccccc2N2CCN(CCc3ccc(Cl)c(Cl)c3)CC2)nc2[nH]ncc12. The topological polar surface area (TPSA) is 80.4 Å². The molecule has 220 valence electrons. The number of pyridine rings is 1. The first-order valence-electron chi connectivity index (χ1n) is 14.9. The molecule has 1 amide bonds. The van der Waals surface area contributed by atoms with Crippen LogP contribution in [0, 0.1) is 0 Å². The number of anilines is 1. The monoisotopic (exact) mass is 605 g/mol. The summed E-state index contributed by atoms with van der Waals surface area (Å²) >= 11 is 12.3. The number of hydrogen-bond donors (Lipinski definition) is 2. The lowest BCUT2D eigenvalue weighted by molar-refractivity contribution is 0.0953. The van der Waals surface area contributed by atoms with Crippen LogP contribution in [0.5, 0.6) is 0 Å². The normalized spacial score (nSPS) is 16.4. The van der Waals surface area contributed by atoms with Crippen LogP contribution in [0.25, 0.3) is 22.3 Å². The van der Waals surface area contributed by atoms with Gasteiger partial charge >= 0.3 is 0 Å². The zero-order chi connectivity index (χ0) is 28.9. The molecule has 42 heavy (non-hydrogen) atoms. The molecule has 2 N–H and O–H groups in total. The Hall–Kier alpha value is -3.17. The number of carbonyl (C=O) groups is 1. The van der Waals surface area contributed by atoms with Crippen molar-refractivity contribution in [2.45, 2.75) is 25.7 Å². The highest BCUT2D eigenvalue weighted by atomic mass is 35.5. The van der Waals surface area contributed by atoms with Crippen molar-refractivity contribution in [3.8, 4) is 11.3 Å². The predicted octanol–water partition coefficient (Wildman–Crippen LogP) is 5.51. The van der Waals surface area contributed by atoms with E-state index >= 15 is 0 Å². The van der Waals surface area contributed by atoms with Crippen molar-refractivity contribution >= 4 is 45.8 Å². The minimum Gasteiger partial charge on any atom is -0.368 e. The molecule has 2 aromatic heterocycles. The molecule has 2 aliphatic rings. The highest BCUT2D eigenvalue weighted by molar-refractivity contribution is 6.42. The minimum atomic E-state index is -0.0838. The first kappa shape index (κ1) is 28.9. The summed E-state index contributed by atoms with van der Waals surface area (Å²) in [5, 5.41) is 12.2. The van der Waals surface area contributed by atoms with E-state index in [9.17, 15) is 4.79 Å². The Labute approximate surface area is 257 Å². The van der Waals surface area contributed by atoms with Crippen molar-refractivity contribution in [3.63, 3.8) is 0 Å². The van der Waals surface area contributed by atoms with Crippen molar-refractivity contribution in [1.29, 1.82) is 0 Å². The summed E-state index contributed by atoms with van der Waals surface area (Å²) in [6.07, 6.45) is 6.13. The zero-order valence-corrected chi connectivity index (χ0v) is 25.3. The molecule has 0 aliphatic carbocycles. The Morgan fingerprint density at radius 1 is 0.905 bits per heavy atom. The van der Waals surface area contributed by atoms with Crippen molar-refractivity contribution in [1.82, 2.24) is 30.3 Å². The van der Waals surface area contributed by atoms with Crippen molar-refractivity contribution in [2.24, 2.45) is 0 Å². The van der Waals surface area contributed by atoms with Gasteiger partial charge in [0.15, 0.2) is 5.65 Å². The second-order valence-electron chi connectivity index (χ2n) is 11.2. The number of piperazine rings is 1. The van der Waals surface area contributed by atoms with Crippen LogP contribution in [0.3, 0.4) is 0 Å². The number of carbonyl (C=O) groups excluding carboxylic acids is 1. The average molecular weight is 607 g/mol. The van der Waals surface area contributed by atoms with Crippen LogP contribution in [0.2, 0.25) is 10.0 Å². The number of amides is 1. The molecule has 2 fully saturated rings. The fourth-order valence-corrected chi connectivity index (χ4v) is 6.34. The van der Waals surface area contributed by atoms with Crippen LogP contribution in [0.4, 0.5) is 5.69 Å². The molecule has 0 spiro atoms. The molecule has 8 nitrogen and oxygen atoms in total. The van der Waals surface area contributed by atoms with Gasteiger partial charge in [-0.25, -0.2) is 4.98 Å². The summed E-state index contributed by atoms with van der Waals surface area (Å²) < 4.78 is 0. The number of aromatic nitrogens is 3. The second kappa shape index (κ2) is 13.4. The molecule has 4 heterocycles. The first-order chi connectivity index (χ1) is 20.5. The van der Waals surface area contributed by atoms with Gasteiger partial charge in [-0.2, -0.15) is 5.10 Å². The van der Waals surface area contributed by atoms with E-state index in [-0.39, 0.29) is 5.91 Å². The van der Waals surface area contributed by atoms with Crippen LogP contribution < -0.4 is 10.2 Å². The molecule has 0 bridgehead atoms. The number of benzene rings is 2. The number of H-pyrrole nitrogens is 1. The number of hydrogen-bond acceptors (Lipinski definition) is 6. The summed E-state index contributed by atoms with van der Waals surface area (Å²) in [7, 11) is 0. The minimum absolute atomic E-state index is 0.0838. The van der Waals surface area contributed by atoms with Crippen LogP contribution in [0.1, 0.15) is 35.2 Å². The maximum atomic E-state index is 13.3. The van der Waals surface area contributed by atoms with E-state index in [0.717, 1.165) is 74.4 Å². The van der Waals surface area contributed by atoms with Crippen LogP contribution in [0.15, 0.2) is 54.7 Å². The van der Waals surface area contributed by atoms with E-state index in [1.807, 2.05) is 30.3 Å². The quantitative estimate of drug-likeness (QED) is 0.232. The van der Waals surface area contributed by atoms with Gasteiger partial charge in [0.05, 0.1) is 32.9 Å². The second-order valence-corrected chi connectivity index (χ2v) is 12.0. The van der Waals surface area contributed by atoms with Gasteiger partial charge in [-0.15, -0.1) is 0 Å². The lowest BCUT2D eigenvalue weighted by atomic mass is 10.0. The van der Waals surface area contributed by atoms with Crippen LogP contribution in [-0.4, -0.2) is 89.8 Å². The van der Waals surface area contributed by atoms with E-state index < -0.39 is 0 Å². The molecule has 0 atom stereocenters. The largest absolute Gasteiger partial charge is 0.368 e. The summed E-state index contributed by atoms with van der Waals surface area (Å²) in [4.78, 5) is 25.6. The molecular formula is C32H37Cl2N7O. The molecule has 6 rings (SSSR count). The van der Waals surface area contributed by atoms with Gasteiger partial charge in [0.25, 0.3) is 5.91 Å². The molecule has 0 unspecified atom stereocenters. The van der Waals surface area contributed by atoms with E-state index in [1.54, 1.807) is 6.20 Å². The Morgan fingerprint density at radius 2 is 1.69 bits per heavy atom. The fraction of sp³-hybridized carbons (Fsp3) is 0.406. The standard InChI is InChI=1S/C32H37Cl2N7O/c33-27-9-8-23(20-28(27)34)10-15-40-16-18-41(19-17-40)30-7-2-1-6-24(30)29-21-25(26-22-36-38-31(26)37-29)32(42)35-11-5-14-39-12-3-4-13-39/h1-2,6-9,20-22H,3-5,10-19H2,(H,35,42)(H,36,37,38). The third-order valence-electron chi connectivity index (χ3n) is 8.40. The summed E-state index contributed by atoms with van der Waals surface area (Å²) in [5.41, 5.74) is 5.34. The van der Waals surface area contributed by atoms with Gasteiger partial charge in [0, 0.05) is 50.5 Å². The maximum absolute atomic E-state index is 13.3. The number of halogens is 2. The van der Waals surface area contributed by atoms with E-state index in [1.165, 1.54) is 31.5 Å². The molecular weight excluding hydrogens is 569 g/mol. The summed E-state index contributed by atoms with van der Waals surface area (Å²) in [5.74, 6) is -0.0838. The number of fused-ring (bicyclic) bond motifs is 1. The number of para-hydroxylation sites is 1. The molecule has 0 radical (unpaired) electrons. The lowest BCUT2D eigenvalue weighted by Gasteiger charge is -2.37. The van der Waals surface area contributed by atoms with Gasteiger partial charge in [-0.05, 0) is 75.1 Å². The van der Waals surface area contributed by atoms with Gasteiger partial charge in [-0.1, -0.05) is 47.5 Å². The summed E-state index contributed by atoms with van der Waals surface area (Å²) in [6, 6.07) is 16.1. The Kier molecular flexibility index (Phi) is 9.24. The molecule has 2 saturated heterocycles. The highest BCUT2D eigenvalue weighted by Gasteiger charge is 2.22. The molecule has 4 aromatic rings. The van der Waals surface area contributed by atoms with Crippen molar-refractivity contribution < 1.29 is 4.79 Å². The molecule has 10 heteroatoms. The van der Waals surface area contributed by atoms with Crippen molar-refractivity contribution in [2.75, 3.05) is 63.8 Å². The lowest BCUT2D eigenvalue weighted by Crippen LogP contribution is -2.47. The third-order valence-corrected chi connectivity index (χ3v) is 9.14. The molecule has 2 aromatic carbocycles. The van der Waals surface area contributed by atoms with Crippen molar-refractivity contribution in [3.05, 3.63) is 75.9 Å². The maximum Gasteiger partial charge on any atom is 0.252 e.